The molecule has 1 N–H and O–H groups in total. The average Bonchev–Trinajstić information content (AvgIpc) is 2.69. The Kier molecular flexibility index (Phi) is 5.96. The second kappa shape index (κ2) is 8.27. The zero-order valence-corrected chi connectivity index (χ0v) is 16.3. The lowest BCUT2D eigenvalue weighted by atomic mass is 9.90. The minimum absolute atomic E-state index is 0.233. The average molecular weight is 404 g/mol. The van der Waals surface area contributed by atoms with E-state index in [-0.39, 0.29) is 23.9 Å². The number of nitrogens with zero attached hydrogens (tertiary/aromatic N) is 1. The zero-order chi connectivity index (χ0) is 21.2. The van der Waals surface area contributed by atoms with Gasteiger partial charge in [-0.1, -0.05) is 30.3 Å². The molecule has 1 fully saturated rings. The summed E-state index contributed by atoms with van der Waals surface area (Å²) in [6.45, 7) is 4.61. The summed E-state index contributed by atoms with van der Waals surface area (Å²) in [7, 11) is 0. The van der Waals surface area contributed by atoms with Gasteiger partial charge in [0.05, 0.1) is 5.56 Å². The van der Waals surface area contributed by atoms with Gasteiger partial charge in [-0.2, -0.15) is 13.2 Å². The smallest absolute Gasteiger partial charge is 0.324 e. The van der Waals surface area contributed by atoms with E-state index in [0.29, 0.717) is 19.4 Å². The minimum atomic E-state index is -4.44. The molecule has 7 heteroatoms. The molecule has 0 saturated carbocycles. The number of nitrogens with one attached hydrogen (secondary N) is 1. The molecule has 0 aliphatic carbocycles. The molecule has 0 unspecified atom stereocenters. The van der Waals surface area contributed by atoms with Gasteiger partial charge in [-0.3, -0.25) is 4.79 Å². The summed E-state index contributed by atoms with van der Waals surface area (Å²) in [5.74, 6) is -0.660. The van der Waals surface area contributed by atoms with Gasteiger partial charge in [-0.25, -0.2) is 4.79 Å². The predicted octanol–water partition coefficient (Wildman–Crippen LogP) is 5.45. The molecule has 3 rings (SSSR count). The Morgan fingerprint density at radius 3 is 2.24 bits per heavy atom. The number of likely N-dealkylation sites (tertiary alicyclic amines) is 1. The number of amides is 2. The second-order valence-corrected chi connectivity index (χ2v) is 7.42. The van der Waals surface area contributed by atoms with Gasteiger partial charge in [0, 0.05) is 30.3 Å². The number of hydrogen-bond acceptors (Lipinski definition) is 2. The summed E-state index contributed by atoms with van der Waals surface area (Å²) in [5.41, 5.74) is 2.11. The van der Waals surface area contributed by atoms with Gasteiger partial charge in [0.25, 0.3) is 0 Å². The molecule has 4 nitrogen and oxygen atoms in total. The number of halogens is 3. The van der Waals surface area contributed by atoms with E-state index in [9.17, 15) is 22.8 Å². The van der Waals surface area contributed by atoms with Crippen LogP contribution in [-0.2, 0) is 6.18 Å². The van der Waals surface area contributed by atoms with E-state index in [2.05, 4.69) is 5.32 Å². The molecule has 1 heterocycles. The third-order valence-corrected chi connectivity index (χ3v) is 5.29. The van der Waals surface area contributed by atoms with Crippen molar-refractivity contribution >= 4 is 17.5 Å². The molecule has 1 aliphatic heterocycles. The summed E-state index contributed by atoms with van der Waals surface area (Å²) >= 11 is 0. The molecule has 1 saturated heterocycles. The normalized spacial score (nSPS) is 17.1. The number of carbonyl (C=O) groups excluding carboxylic acids is 2. The largest absolute Gasteiger partial charge is 0.416 e. The van der Waals surface area contributed by atoms with Crippen molar-refractivity contribution in [1.29, 1.82) is 0 Å². The topological polar surface area (TPSA) is 49.4 Å². The number of Topliss-reactive ketones (excluding diaryl/α,β-unsaturated/α-hetero) is 1. The van der Waals surface area contributed by atoms with Crippen LogP contribution in [0.1, 0.15) is 39.9 Å². The van der Waals surface area contributed by atoms with Crippen molar-refractivity contribution in [3.05, 3.63) is 64.7 Å². The molecule has 2 amide bonds. The van der Waals surface area contributed by atoms with E-state index in [1.807, 2.05) is 32.0 Å². The molecule has 0 aromatic heterocycles. The first-order valence-corrected chi connectivity index (χ1v) is 9.50. The van der Waals surface area contributed by atoms with Crippen LogP contribution in [0.5, 0.6) is 0 Å². The highest BCUT2D eigenvalue weighted by Crippen LogP contribution is 2.30. The molecule has 29 heavy (non-hydrogen) atoms. The quantitative estimate of drug-likeness (QED) is 0.692. The van der Waals surface area contributed by atoms with Crippen molar-refractivity contribution in [3.8, 4) is 0 Å². The third kappa shape index (κ3) is 4.78. The first-order valence-electron chi connectivity index (χ1n) is 9.50. The van der Waals surface area contributed by atoms with Crippen molar-refractivity contribution < 1.29 is 22.8 Å². The molecule has 2 aromatic carbocycles. The Balaban J connectivity index is 1.68. The summed E-state index contributed by atoms with van der Waals surface area (Å²) in [4.78, 5) is 27.1. The number of carbonyl (C=O) groups is 2. The fraction of sp³-hybridized carbons (Fsp3) is 0.364. The summed E-state index contributed by atoms with van der Waals surface area (Å²) < 4.78 is 38.1. The Hall–Kier alpha value is -2.83. The van der Waals surface area contributed by atoms with Gasteiger partial charge in [0.1, 0.15) is 0 Å². The Morgan fingerprint density at radius 1 is 1.03 bits per heavy atom. The van der Waals surface area contributed by atoms with Gasteiger partial charge in [-0.05, 0) is 49.9 Å². The van der Waals surface area contributed by atoms with Crippen LogP contribution in [0.15, 0.2) is 42.5 Å². The number of ketones is 1. The van der Waals surface area contributed by atoms with Crippen LogP contribution in [0.2, 0.25) is 0 Å². The lowest BCUT2D eigenvalue weighted by Gasteiger charge is -2.32. The zero-order valence-electron chi connectivity index (χ0n) is 16.3. The molecule has 2 aromatic rings. The highest BCUT2D eigenvalue weighted by atomic mass is 19.4. The number of benzene rings is 2. The predicted molar refractivity (Wildman–Crippen MR) is 105 cm³/mol. The highest BCUT2D eigenvalue weighted by Gasteiger charge is 2.32. The van der Waals surface area contributed by atoms with Crippen LogP contribution in [0.3, 0.4) is 0 Å². The Morgan fingerprint density at radius 2 is 1.66 bits per heavy atom. The van der Waals surface area contributed by atoms with E-state index in [0.717, 1.165) is 28.9 Å². The van der Waals surface area contributed by atoms with Gasteiger partial charge in [0.15, 0.2) is 5.78 Å². The van der Waals surface area contributed by atoms with Crippen LogP contribution >= 0.6 is 0 Å². The van der Waals surface area contributed by atoms with Crippen LogP contribution in [0, 0.1) is 19.8 Å². The van der Waals surface area contributed by atoms with E-state index < -0.39 is 17.7 Å². The standard InChI is InChI=1S/C22H23F3N2O2/c1-14-5-3-6-15(2)19(14)26-21(29)27-12-4-7-17(13-27)20(28)16-8-10-18(11-9-16)22(23,24)25/h3,5-6,8-11,17H,4,7,12-13H2,1-2H3,(H,26,29)/t17-/m0/s1. The number of aryl methyl sites for hydroxylation is 2. The number of piperidine rings is 1. The molecule has 0 spiro atoms. The number of para-hydroxylation sites is 1. The maximum absolute atomic E-state index is 12.8. The summed E-state index contributed by atoms with van der Waals surface area (Å²) in [6, 6.07) is 9.73. The molecule has 0 bridgehead atoms. The minimum Gasteiger partial charge on any atom is -0.324 e. The first kappa shape index (κ1) is 20.9. The maximum Gasteiger partial charge on any atom is 0.416 e. The van der Waals surface area contributed by atoms with Crippen molar-refractivity contribution in [3.63, 3.8) is 0 Å². The number of anilines is 1. The van der Waals surface area contributed by atoms with Crippen molar-refractivity contribution in [1.82, 2.24) is 4.90 Å². The van der Waals surface area contributed by atoms with Crippen LogP contribution < -0.4 is 5.32 Å². The van der Waals surface area contributed by atoms with Crippen molar-refractivity contribution in [2.24, 2.45) is 5.92 Å². The first-order chi connectivity index (χ1) is 13.7. The molecule has 154 valence electrons. The number of hydrogen-bond donors (Lipinski definition) is 1. The summed E-state index contributed by atoms with van der Waals surface area (Å²) in [5, 5.41) is 2.92. The van der Waals surface area contributed by atoms with E-state index in [1.165, 1.54) is 12.1 Å². The van der Waals surface area contributed by atoms with Crippen LogP contribution in [0.25, 0.3) is 0 Å². The maximum atomic E-state index is 12.8. The Labute approximate surface area is 167 Å². The highest BCUT2D eigenvalue weighted by molar-refractivity contribution is 5.99. The SMILES string of the molecule is Cc1cccc(C)c1NC(=O)N1CCC[C@H](C(=O)c2ccc(C(F)(F)F)cc2)C1. The fourth-order valence-electron chi connectivity index (χ4n) is 3.63. The fourth-order valence-corrected chi connectivity index (χ4v) is 3.63. The second-order valence-electron chi connectivity index (χ2n) is 7.42. The lowest BCUT2D eigenvalue weighted by molar-refractivity contribution is -0.137. The number of alkyl halides is 3. The van der Waals surface area contributed by atoms with Crippen molar-refractivity contribution in [2.45, 2.75) is 32.9 Å². The molecule has 0 radical (unpaired) electrons. The monoisotopic (exact) mass is 404 g/mol. The van der Waals surface area contributed by atoms with Crippen LogP contribution in [0.4, 0.5) is 23.7 Å². The number of urea groups is 1. The van der Waals surface area contributed by atoms with Gasteiger partial charge in [-0.15, -0.1) is 0 Å². The van der Waals surface area contributed by atoms with Gasteiger partial charge < -0.3 is 10.2 Å². The number of rotatable bonds is 3. The molecular formula is C22H23F3N2O2. The van der Waals surface area contributed by atoms with Crippen LogP contribution in [-0.4, -0.2) is 29.8 Å². The molecule has 1 atom stereocenters. The molecular weight excluding hydrogens is 381 g/mol. The Bertz CT molecular complexity index is 887. The molecule has 1 aliphatic rings. The van der Waals surface area contributed by atoms with Gasteiger partial charge >= 0.3 is 12.2 Å². The van der Waals surface area contributed by atoms with Gasteiger partial charge in [0.2, 0.25) is 0 Å². The van der Waals surface area contributed by atoms with E-state index in [4.69, 9.17) is 0 Å². The van der Waals surface area contributed by atoms with E-state index in [1.54, 1.807) is 4.90 Å². The van der Waals surface area contributed by atoms with E-state index >= 15 is 0 Å². The lowest BCUT2D eigenvalue weighted by Crippen LogP contribution is -2.44. The third-order valence-electron chi connectivity index (χ3n) is 5.29. The van der Waals surface area contributed by atoms with Crippen molar-refractivity contribution in [2.75, 3.05) is 18.4 Å². The summed E-state index contributed by atoms with van der Waals surface area (Å²) in [6.07, 6.45) is -3.17.